The summed E-state index contributed by atoms with van der Waals surface area (Å²) in [7, 11) is 0. The minimum Gasteiger partial charge on any atom is -0.480 e. The monoisotopic (exact) mass is 475 g/mol. The zero-order chi connectivity index (χ0) is 24.8. The van der Waals surface area contributed by atoms with Gasteiger partial charge in [0, 0.05) is 5.75 Å². The molecule has 0 fully saturated rings. The summed E-state index contributed by atoms with van der Waals surface area (Å²) in [6.07, 6.45) is 2.32. The number of carbonyl (C=O) groups excluding carboxylic acids is 3. The van der Waals surface area contributed by atoms with Gasteiger partial charge in [0.15, 0.2) is 0 Å². The second-order valence-electron chi connectivity index (χ2n) is 8.85. The van der Waals surface area contributed by atoms with E-state index < -0.39 is 47.9 Å². The van der Waals surface area contributed by atoms with Crippen molar-refractivity contribution in [3.8, 4) is 0 Å². The molecule has 186 valence electrons. The first-order valence-corrected chi connectivity index (χ1v) is 11.8. The van der Waals surface area contributed by atoms with Gasteiger partial charge in [-0.1, -0.05) is 27.7 Å². The number of unbranched alkanes of at least 4 members (excludes halogenated alkanes) is 1. The van der Waals surface area contributed by atoms with Crippen molar-refractivity contribution in [2.24, 2.45) is 23.3 Å². The van der Waals surface area contributed by atoms with E-state index in [1.165, 1.54) is 0 Å². The van der Waals surface area contributed by atoms with Gasteiger partial charge >= 0.3 is 5.97 Å². The smallest absolute Gasteiger partial charge is 0.327 e. The average Bonchev–Trinajstić information content (AvgIpc) is 2.69. The number of hydrogen-bond acceptors (Lipinski definition) is 7. The topological polar surface area (TPSA) is 177 Å². The number of nitrogens with two attached hydrogens (primary N) is 2. The SMILES string of the molecule is CC(C)CC(N)C(=O)NC(CC(C)C)C(=O)NC(CCCCN)C(=O)NC(CS)C(=O)O. The van der Waals surface area contributed by atoms with E-state index >= 15 is 0 Å². The molecule has 8 N–H and O–H groups in total. The number of carboxylic acid groups (broad SMARTS) is 1. The van der Waals surface area contributed by atoms with E-state index in [0.717, 1.165) is 0 Å². The lowest BCUT2D eigenvalue weighted by molar-refractivity contribution is -0.141. The second-order valence-corrected chi connectivity index (χ2v) is 9.22. The number of hydrogen-bond donors (Lipinski definition) is 7. The predicted molar refractivity (Wildman–Crippen MR) is 127 cm³/mol. The van der Waals surface area contributed by atoms with Crippen molar-refractivity contribution in [3.05, 3.63) is 0 Å². The third kappa shape index (κ3) is 12.3. The molecule has 0 bridgehead atoms. The lowest BCUT2D eigenvalue weighted by atomic mass is 10.00. The van der Waals surface area contributed by atoms with Gasteiger partial charge in [-0.05, 0) is 50.5 Å². The van der Waals surface area contributed by atoms with Crippen molar-refractivity contribution in [3.63, 3.8) is 0 Å². The van der Waals surface area contributed by atoms with Crippen molar-refractivity contribution in [1.29, 1.82) is 0 Å². The molecular formula is C21H41N5O5S. The van der Waals surface area contributed by atoms with Crippen LogP contribution in [0, 0.1) is 11.8 Å². The fourth-order valence-corrected chi connectivity index (χ4v) is 3.34. The van der Waals surface area contributed by atoms with Gasteiger partial charge in [0.25, 0.3) is 0 Å². The van der Waals surface area contributed by atoms with Crippen LogP contribution in [0.15, 0.2) is 0 Å². The maximum atomic E-state index is 13.0. The molecule has 0 aliphatic carbocycles. The summed E-state index contributed by atoms with van der Waals surface area (Å²) < 4.78 is 0. The second kappa shape index (κ2) is 15.9. The summed E-state index contributed by atoms with van der Waals surface area (Å²) in [5.74, 6) is -2.56. The molecule has 0 aliphatic rings. The van der Waals surface area contributed by atoms with Gasteiger partial charge in [-0.2, -0.15) is 12.6 Å². The van der Waals surface area contributed by atoms with Gasteiger partial charge in [-0.25, -0.2) is 4.79 Å². The molecule has 0 heterocycles. The molecule has 4 unspecified atom stereocenters. The molecule has 11 heteroatoms. The van der Waals surface area contributed by atoms with Crippen molar-refractivity contribution in [2.45, 2.75) is 84.0 Å². The first-order valence-electron chi connectivity index (χ1n) is 11.1. The number of thiol groups is 1. The third-order valence-corrected chi connectivity index (χ3v) is 5.14. The molecule has 32 heavy (non-hydrogen) atoms. The number of nitrogens with one attached hydrogen (secondary N) is 3. The van der Waals surface area contributed by atoms with Crippen molar-refractivity contribution in [1.82, 2.24) is 16.0 Å². The van der Waals surface area contributed by atoms with Crippen LogP contribution in [0.3, 0.4) is 0 Å². The van der Waals surface area contributed by atoms with E-state index in [1.54, 1.807) is 0 Å². The lowest BCUT2D eigenvalue weighted by Gasteiger charge is -2.26. The molecular weight excluding hydrogens is 434 g/mol. The van der Waals surface area contributed by atoms with E-state index in [2.05, 4.69) is 28.6 Å². The quantitative estimate of drug-likeness (QED) is 0.121. The van der Waals surface area contributed by atoms with Gasteiger partial charge < -0.3 is 32.5 Å². The molecule has 0 aliphatic heterocycles. The molecule has 0 saturated heterocycles. The molecule has 3 amide bonds. The summed E-state index contributed by atoms with van der Waals surface area (Å²) in [6, 6.07) is -3.76. The summed E-state index contributed by atoms with van der Waals surface area (Å²) in [6.45, 7) is 8.15. The lowest BCUT2D eigenvalue weighted by Crippen LogP contribution is -2.57. The highest BCUT2D eigenvalue weighted by Crippen LogP contribution is 2.09. The Morgan fingerprint density at radius 2 is 1.31 bits per heavy atom. The van der Waals surface area contributed by atoms with Gasteiger partial charge in [0.2, 0.25) is 17.7 Å². The average molecular weight is 476 g/mol. The summed E-state index contributed by atoms with van der Waals surface area (Å²) in [5, 5.41) is 16.9. The zero-order valence-corrected chi connectivity index (χ0v) is 20.5. The van der Waals surface area contributed by atoms with Crippen LogP contribution in [0.25, 0.3) is 0 Å². The van der Waals surface area contributed by atoms with Crippen LogP contribution < -0.4 is 27.4 Å². The highest BCUT2D eigenvalue weighted by Gasteiger charge is 2.30. The van der Waals surface area contributed by atoms with Gasteiger partial charge in [0.1, 0.15) is 18.1 Å². The van der Waals surface area contributed by atoms with Crippen molar-refractivity contribution < 1.29 is 24.3 Å². The number of carbonyl (C=O) groups is 4. The van der Waals surface area contributed by atoms with Gasteiger partial charge in [0.05, 0.1) is 6.04 Å². The molecule has 0 aromatic heterocycles. The number of carboxylic acids is 1. The molecule has 0 aromatic carbocycles. The van der Waals surface area contributed by atoms with Gasteiger partial charge in [-0.15, -0.1) is 0 Å². The van der Waals surface area contributed by atoms with Crippen molar-refractivity contribution >= 4 is 36.3 Å². The van der Waals surface area contributed by atoms with E-state index in [-0.39, 0.29) is 24.0 Å². The Morgan fingerprint density at radius 1 is 0.812 bits per heavy atom. The van der Waals surface area contributed by atoms with Crippen LogP contribution in [0.4, 0.5) is 0 Å². The first kappa shape index (κ1) is 30.1. The molecule has 0 radical (unpaired) electrons. The predicted octanol–water partition coefficient (Wildman–Crippen LogP) is 0.00370. The third-order valence-electron chi connectivity index (χ3n) is 4.78. The first-order chi connectivity index (χ1) is 14.9. The van der Waals surface area contributed by atoms with Crippen LogP contribution in [0.1, 0.15) is 59.8 Å². The van der Waals surface area contributed by atoms with Crippen LogP contribution in [-0.4, -0.2) is 65.3 Å². The van der Waals surface area contributed by atoms with Crippen LogP contribution in [-0.2, 0) is 19.2 Å². The van der Waals surface area contributed by atoms with E-state index in [1.807, 2.05) is 27.7 Å². The van der Waals surface area contributed by atoms with Crippen LogP contribution in [0.2, 0.25) is 0 Å². The van der Waals surface area contributed by atoms with Crippen LogP contribution in [0.5, 0.6) is 0 Å². The van der Waals surface area contributed by atoms with E-state index in [0.29, 0.717) is 32.2 Å². The summed E-state index contributed by atoms with van der Waals surface area (Å²) in [5.41, 5.74) is 11.5. The summed E-state index contributed by atoms with van der Waals surface area (Å²) >= 11 is 3.95. The number of amides is 3. The van der Waals surface area contributed by atoms with Crippen LogP contribution >= 0.6 is 12.6 Å². The largest absolute Gasteiger partial charge is 0.480 e. The highest BCUT2D eigenvalue weighted by atomic mass is 32.1. The standard InChI is InChI=1S/C21H41N5O5S/c1-12(2)9-14(23)18(27)25-16(10-13(3)4)20(29)24-15(7-5-6-8-22)19(28)26-17(11-32)21(30)31/h12-17,32H,5-11,22-23H2,1-4H3,(H,24,29)(H,25,27)(H,26,28)(H,30,31). The van der Waals surface area contributed by atoms with Gasteiger partial charge in [-0.3, -0.25) is 14.4 Å². The molecule has 0 spiro atoms. The fraction of sp³-hybridized carbons (Fsp3) is 0.810. The minimum absolute atomic E-state index is 0.0929. The highest BCUT2D eigenvalue weighted by molar-refractivity contribution is 7.80. The Balaban J connectivity index is 5.40. The van der Waals surface area contributed by atoms with Crippen molar-refractivity contribution in [2.75, 3.05) is 12.3 Å². The normalized spacial score (nSPS) is 15.0. The number of rotatable bonds is 16. The maximum absolute atomic E-state index is 13.0. The molecule has 0 rings (SSSR count). The Kier molecular flexibility index (Phi) is 15.0. The Hall–Kier alpha value is -1.85. The molecule has 0 saturated carbocycles. The fourth-order valence-electron chi connectivity index (χ4n) is 3.09. The number of aliphatic carboxylic acids is 1. The Morgan fingerprint density at radius 3 is 1.78 bits per heavy atom. The van der Waals surface area contributed by atoms with E-state index in [4.69, 9.17) is 11.5 Å². The zero-order valence-electron chi connectivity index (χ0n) is 19.6. The minimum atomic E-state index is -1.22. The maximum Gasteiger partial charge on any atom is 0.327 e. The Labute approximate surface area is 196 Å². The van der Waals surface area contributed by atoms with E-state index in [9.17, 15) is 24.3 Å². The molecule has 0 aromatic rings. The molecule has 10 nitrogen and oxygen atoms in total. The molecule has 4 atom stereocenters. The Bertz CT molecular complexity index is 617. The summed E-state index contributed by atoms with van der Waals surface area (Å²) in [4.78, 5) is 49.4.